The molecular weight excluding hydrogens is 262 g/mol. The lowest BCUT2D eigenvalue weighted by Gasteiger charge is -2.28. The van der Waals surface area contributed by atoms with Crippen LogP contribution >= 0.6 is 0 Å². The van der Waals surface area contributed by atoms with Gasteiger partial charge in [0.25, 0.3) is 5.91 Å². The molecule has 0 spiro atoms. The Hall–Kier alpha value is -1.58. The Bertz CT molecular complexity index is 499. The van der Waals surface area contributed by atoms with Crippen LogP contribution in [0.2, 0.25) is 0 Å². The zero-order valence-corrected chi connectivity index (χ0v) is 13.6. The molecule has 1 aromatic heterocycles. The molecule has 1 unspecified atom stereocenters. The van der Waals surface area contributed by atoms with Crippen molar-refractivity contribution < 1.29 is 4.79 Å². The smallest absolute Gasteiger partial charge is 0.254 e. The van der Waals surface area contributed by atoms with E-state index in [1.807, 2.05) is 19.1 Å². The molecule has 1 aromatic rings. The molecule has 1 saturated heterocycles. The largest absolute Gasteiger partial charge is 0.370 e. The zero-order valence-electron chi connectivity index (χ0n) is 13.6. The number of hydrogen-bond donors (Lipinski definition) is 1. The van der Waals surface area contributed by atoms with Crippen LogP contribution < -0.4 is 5.32 Å². The molecule has 1 fully saturated rings. The third kappa shape index (κ3) is 3.55. The Morgan fingerprint density at radius 3 is 2.81 bits per heavy atom. The molecule has 0 aliphatic carbocycles. The summed E-state index contributed by atoms with van der Waals surface area (Å²) in [6.45, 7) is 10.2. The van der Waals surface area contributed by atoms with Crippen molar-refractivity contribution in [2.45, 2.75) is 53.0 Å². The second-order valence-corrected chi connectivity index (χ2v) is 6.07. The molecule has 0 bridgehead atoms. The molecule has 0 saturated carbocycles. The number of aryl methyl sites for hydroxylation is 1. The molecule has 21 heavy (non-hydrogen) atoms. The second kappa shape index (κ2) is 6.92. The highest BCUT2D eigenvalue weighted by molar-refractivity contribution is 5.95. The number of amides is 1. The van der Waals surface area contributed by atoms with Crippen LogP contribution in [0, 0.1) is 5.92 Å². The van der Waals surface area contributed by atoms with Crippen molar-refractivity contribution >= 4 is 11.7 Å². The summed E-state index contributed by atoms with van der Waals surface area (Å²) < 4.78 is 0. The average molecular weight is 289 g/mol. The van der Waals surface area contributed by atoms with E-state index in [2.05, 4.69) is 36.0 Å². The highest BCUT2D eigenvalue weighted by Gasteiger charge is 2.31. The Morgan fingerprint density at radius 2 is 2.19 bits per heavy atom. The summed E-state index contributed by atoms with van der Waals surface area (Å²) in [6, 6.07) is 4.21. The van der Waals surface area contributed by atoms with Crippen molar-refractivity contribution in [3.8, 4) is 0 Å². The SMILES string of the molecule is CCNc1cc(C(=O)N2CCCC2C(C)C)cc(CC)n1. The van der Waals surface area contributed by atoms with Gasteiger partial charge in [0.15, 0.2) is 0 Å². The molecule has 0 aromatic carbocycles. The number of nitrogens with one attached hydrogen (secondary N) is 1. The fourth-order valence-corrected chi connectivity index (χ4v) is 3.07. The number of hydrogen-bond acceptors (Lipinski definition) is 3. The van der Waals surface area contributed by atoms with Crippen LogP contribution in [0.15, 0.2) is 12.1 Å². The van der Waals surface area contributed by atoms with Crippen LogP contribution in [0.25, 0.3) is 0 Å². The maximum Gasteiger partial charge on any atom is 0.254 e. The van der Waals surface area contributed by atoms with E-state index in [9.17, 15) is 4.79 Å². The predicted octanol–water partition coefficient (Wildman–Crippen LogP) is 3.34. The van der Waals surface area contributed by atoms with Gasteiger partial charge in [-0.1, -0.05) is 20.8 Å². The van der Waals surface area contributed by atoms with E-state index in [0.717, 1.165) is 49.4 Å². The molecule has 1 atom stereocenters. The minimum absolute atomic E-state index is 0.155. The van der Waals surface area contributed by atoms with Gasteiger partial charge >= 0.3 is 0 Å². The first-order valence-electron chi connectivity index (χ1n) is 8.12. The fraction of sp³-hybridized carbons (Fsp3) is 0.647. The van der Waals surface area contributed by atoms with E-state index in [-0.39, 0.29) is 5.91 Å². The summed E-state index contributed by atoms with van der Waals surface area (Å²) in [5.41, 5.74) is 1.74. The topological polar surface area (TPSA) is 45.2 Å². The summed E-state index contributed by atoms with van der Waals surface area (Å²) in [4.78, 5) is 19.4. The predicted molar refractivity (Wildman–Crippen MR) is 86.7 cm³/mol. The number of nitrogens with zero attached hydrogens (tertiary/aromatic N) is 2. The maximum atomic E-state index is 12.9. The molecule has 4 heteroatoms. The van der Waals surface area contributed by atoms with E-state index in [1.165, 1.54) is 0 Å². The lowest BCUT2D eigenvalue weighted by atomic mass is 10.0. The Balaban J connectivity index is 2.27. The Labute approximate surface area is 127 Å². The highest BCUT2D eigenvalue weighted by atomic mass is 16.2. The van der Waals surface area contributed by atoms with Crippen LogP contribution in [0.5, 0.6) is 0 Å². The third-order valence-electron chi connectivity index (χ3n) is 4.18. The first-order chi connectivity index (χ1) is 10.1. The molecule has 4 nitrogen and oxygen atoms in total. The first-order valence-corrected chi connectivity index (χ1v) is 8.12. The van der Waals surface area contributed by atoms with Crippen molar-refractivity contribution in [1.29, 1.82) is 0 Å². The van der Waals surface area contributed by atoms with Gasteiger partial charge in [0.2, 0.25) is 0 Å². The van der Waals surface area contributed by atoms with Gasteiger partial charge in [-0.25, -0.2) is 4.98 Å². The molecular formula is C17H27N3O. The van der Waals surface area contributed by atoms with E-state index >= 15 is 0 Å². The molecule has 2 heterocycles. The number of pyridine rings is 1. The van der Waals surface area contributed by atoms with E-state index < -0.39 is 0 Å². The van der Waals surface area contributed by atoms with Crippen LogP contribution in [0.3, 0.4) is 0 Å². The fourth-order valence-electron chi connectivity index (χ4n) is 3.07. The van der Waals surface area contributed by atoms with Gasteiger partial charge in [0, 0.05) is 30.4 Å². The number of likely N-dealkylation sites (tertiary alicyclic amines) is 1. The van der Waals surface area contributed by atoms with Gasteiger partial charge in [-0.15, -0.1) is 0 Å². The molecule has 2 rings (SSSR count). The minimum Gasteiger partial charge on any atom is -0.370 e. The van der Waals surface area contributed by atoms with Gasteiger partial charge in [0.05, 0.1) is 0 Å². The summed E-state index contributed by atoms with van der Waals surface area (Å²) in [5.74, 6) is 1.47. The number of carbonyl (C=O) groups excluding carboxylic acids is 1. The standard InChI is InChI=1S/C17H27N3O/c1-5-14-10-13(11-16(19-14)18-6-2)17(21)20-9-7-8-15(20)12(3)4/h10-12,15H,5-9H2,1-4H3,(H,18,19). The molecule has 116 valence electrons. The normalized spacial score (nSPS) is 18.3. The summed E-state index contributed by atoms with van der Waals surface area (Å²) in [7, 11) is 0. The van der Waals surface area contributed by atoms with Gasteiger partial charge in [-0.05, 0) is 44.2 Å². The zero-order chi connectivity index (χ0) is 15.4. The van der Waals surface area contributed by atoms with Crippen molar-refractivity contribution in [2.24, 2.45) is 5.92 Å². The van der Waals surface area contributed by atoms with Gasteiger partial charge < -0.3 is 10.2 Å². The highest BCUT2D eigenvalue weighted by Crippen LogP contribution is 2.26. The minimum atomic E-state index is 0.155. The maximum absolute atomic E-state index is 12.9. The lowest BCUT2D eigenvalue weighted by Crippen LogP contribution is -2.38. The van der Waals surface area contributed by atoms with E-state index in [4.69, 9.17) is 0 Å². The molecule has 1 N–H and O–H groups in total. The molecule has 1 aliphatic heterocycles. The Morgan fingerprint density at radius 1 is 1.43 bits per heavy atom. The second-order valence-electron chi connectivity index (χ2n) is 6.07. The summed E-state index contributed by atoms with van der Waals surface area (Å²) in [6.07, 6.45) is 3.07. The summed E-state index contributed by atoms with van der Waals surface area (Å²) >= 11 is 0. The number of carbonyl (C=O) groups is 1. The van der Waals surface area contributed by atoms with Crippen molar-refractivity contribution in [3.05, 3.63) is 23.4 Å². The van der Waals surface area contributed by atoms with Gasteiger partial charge in [0.1, 0.15) is 5.82 Å². The van der Waals surface area contributed by atoms with Crippen molar-refractivity contribution in [1.82, 2.24) is 9.88 Å². The van der Waals surface area contributed by atoms with Crippen LogP contribution in [0.1, 0.15) is 56.6 Å². The first kappa shape index (κ1) is 15.8. The van der Waals surface area contributed by atoms with Crippen LogP contribution in [-0.4, -0.2) is 34.9 Å². The number of rotatable bonds is 5. The molecule has 0 radical (unpaired) electrons. The summed E-state index contributed by atoms with van der Waals surface area (Å²) in [5, 5.41) is 3.22. The van der Waals surface area contributed by atoms with Gasteiger partial charge in [-0.2, -0.15) is 0 Å². The van der Waals surface area contributed by atoms with Gasteiger partial charge in [-0.3, -0.25) is 4.79 Å². The third-order valence-corrected chi connectivity index (χ3v) is 4.18. The number of anilines is 1. The van der Waals surface area contributed by atoms with Crippen LogP contribution in [-0.2, 0) is 6.42 Å². The van der Waals surface area contributed by atoms with Crippen molar-refractivity contribution in [3.63, 3.8) is 0 Å². The lowest BCUT2D eigenvalue weighted by molar-refractivity contribution is 0.0701. The Kier molecular flexibility index (Phi) is 5.21. The van der Waals surface area contributed by atoms with E-state index in [0.29, 0.717) is 12.0 Å². The molecule has 1 aliphatic rings. The quantitative estimate of drug-likeness (QED) is 0.904. The monoisotopic (exact) mass is 289 g/mol. The van der Waals surface area contributed by atoms with E-state index in [1.54, 1.807) is 0 Å². The molecule has 1 amide bonds. The number of aromatic nitrogens is 1. The average Bonchev–Trinajstić information content (AvgIpc) is 2.96. The van der Waals surface area contributed by atoms with Crippen LogP contribution in [0.4, 0.5) is 5.82 Å². The van der Waals surface area contributed by atoms with Crippen molar-refractivity contribution in [2.75, 3.05) is 18.4 Å².